The maximum Gasteiger partial charge on any atom is 0.219 e. The molecule has 1 saturated carbocycles. The highest BCUT2D eigenvalue weighted by atomic mass is 16.2. The molecule has 3 fully saturated rings. The molecule has 3 heterocycles. The van der Waals surface area contributed by atoms with Crippen LogP contribution in [0.5, 0.6) is 0 Å². The van der Waals surface area contributed by atoms with Gasteiger partial charge in [0.2, 0.25) is 5.91 Å². The molecule has 0 N–H and O–H groups in total. The lowest BCUT2D eigenvalue weighted by Gasteiger charge is -2.36. The van der Waals surface area contributed by atoms with Gasteiger partial charge in [-0.15, -0.1) is 0 Å². The maximum atomic E-state index is 11.6. The average molecular weight is 356 g/mol. The third-order valence-electron chi connectivity index (χ3n) is 7.15. The van der Waals surface area contributed by atoms with Crippen molar-refractivity contribution in [3.8, 4) is 0 Å². The number of likely N-dealkylation sites (tertiary alicyclic amines) is 2. The largest absolute Gasteiger partial charge is 0.343 e. The lowest BCUT2D eigenvalue weighted by Crippen LogP contribution is -2.45. The predicted octanol–water partition coefficient (Wildman–Crippen LogP) is 3.29. The van der Waals surface area contributed by atoms with Crippen molar-refractivity contribution in [3.63, 3.8) is 0 Å². The van der Waals surface area contributed by atoms with E-state index >= 15 is 0 Å². The Kier molecular flexibility index (Phi) is 5.30. The molecular formula is C22H33N3O. The van der Waals surface area contributed by atoms with Crippen LogP contribution in [-0.4, -0.2) is 52.9 Å². The average Bonchev–Trinajstić information content (AvgIpc) is 3.09. The fourth-order valence-electron chi connectivity index (χ4n) is 5.61. The Balaban J connectivity index is 1.37. The molecule has 1 aromatic rings. The first-order valence-corrected chi connectivity index (χ1v) is 10.5. The van der Waals surface area contributed by atoms with Gasteiger partial charge in [0.25, 0.3) is 0 Å². The minimum atomic E-state index is 0.240. The van der Waals surface area contributed by atoms with Gasteiger partial charge in [0.15, 0.2) is 0 Å². The second-order valence-electron chi connectivity index (χ2n) is 8.84. The molecule has 4 rings (SSSR count). The van der Waals surface area contributed by atoms with E-state index in [0.717, 1.165) is 50.1 Å². The van der Waals surface area contributed by atoms with Crippen LogP contribution in [0.3, 0.4) is 0 Å². The molecule has 1 aromatic heterocycles. The number of fused-ring (bicyclic) bond motifs is 1. The van der Waals surface area contributed by atoms with Gasteiger partial charge in [0, 0.05) is 51.0 Å². The molecule has 1 amide bonds. The van der Waals surface area contributed by atoms with Crippen LogP contribution >= 0.6 is 0 Å². The van der Waals surface area contributed by atoms with Crippen LogP contribution in [0, 0.1) is 24.7 Å². The Morgan fingerprint density at radius 1 is 1.15 bits per heavy atom. The quantitative estimate of drug-likeness (QED) is 0.835. The number of hydrogen-bond donors (Lipinski definition) is 0. The SMILES string of the molecule is CC(=O)N1CCC(N2C[C@H]3CCC[C@H](Cc4ccc(C)cn4)[C@H]3C2)CC1. The summed E-state index contributed by atoms with van der Waals surface area (Å²) in [4.78, 5) is 21.0. The van der Waals surface area contributed by atoms with Gasteiger partial charge in [-0.25, -0.2) is 0 Å². The third kappa shape index (κ3) is 3.80. The van der Waals surface area contributed by atoms with E-state index in [-0.39, 0.29) is 5.91 Å². The zero-order valence-electron chi connectivity index (χ0n) is 16.4. The van der Waals surface area contributed by atoms with Crippen LogP contribution in [-0.2, 0) is 11.2 Å². The fraction of sp³-hybridized carbons (Fsp3) is 0.727. The van der Waals surface area contributed by atoms with Crippen molar-refractivity contribution in [2.45, 2.75) is 58.4 Å². The van der Waals surface area contributed by atoms with E-state index in [9.17, 15) is 4.79 Å². The van der Waals surface area contributed by atoms with Crippen molar-refractivity contribution in [1.82, 2.24) is 14.8 Å². The number of nitrogens with zero attached hydrogens (tertiary/aromatic N) is 3. The summed E-state index contributed by atoms with van der Waals surface area (Å²) >= 11 is 0. The van der Waals surface area contributed by atoms with E-state index in [1.165, 1.54) is 43.6 Å². The molecule has 0 spiro atoms. The summed E-state index contributed by atoms with van der Waals surface area (Å²) in [6, 6.07) is 5.12. The molecule has 26 heavy (non-hydrogen) atoms. The van der Waals surface area contributed by atoms with E-state index < -0.39 is 0 Å². The van der Waals surface area contributed by atoms with Crippen molar-refractivity contribution in [2.75, 3.05) is 26.2 Å². The summed E-state index contributed by atoms with van der Waals surface area (Å²) in [5, 5.41) is 0. The number of rotatable bonds is 3. The molecule has 0 aromatic carbocycles. The van der Waals surface area contributed by atoms with Crippen LogP contribution in [0.15, 0.2) is 18.3 Å². The highest BCUT2D eigenvalue weighted by Gasteiger charge is 2.42. The maximum absolute atomic E-state index is 11.6. The van der Waals surface area contributed by atoms with Gasteiger partial charge in [0.05, 0.1) is 0 Å². The summed E-state index contributed by atoms with van der Waals surface area (Å²) in [7, 11) is 0. The van der Waals surface area contributed by atoms with Gasteiger partial charge in [0.1, 0.15) is 0 Å². The van der Waals surface area contributed by atoms with Gasteiger partial charge in [-0.2, -0.15) is 0 Å². The number of aromatic nitrogens is 1. The fourth-order valence-corrected chi connectivity index (χ4v) is 5.61. The first-order chi connectivity index (χ1) is 12.6. The first kappa shape index (κ1) is 18.0. The molecule has 1 aliphatic carbocycles. The number of hydrogen-bond acceptors (Lipinski definition) is 3. The van der Waals surface area contributed by atoms with Crippen LogP contribution in [0.2, 0.25) is 0 Å². The zero-order valence-corrected chi connectivity index (χ0v) is 16.4. The van der Waals surface area contributed by atoms with Crippen molar-refractivity contribution in [2.24, 2.45) is 17.8 Å². The summed E-state index contributed by atoms with van der Waals surface area (Å²) in [6.45, 7) is 8.26. The van der Waals surface area contributed by atoms with E-state index in [2.05, 4.69) is 28.9 Å². The number of pyridine rings is 1. The van der Waals surface area contributed by atoms with E-state index in [1.54, 1.807) is 6.92 Å². The molecule has 142 valence electrons. The van der Waals surface area contributed by atoms with Gasteiger partial charge >= 0.3 is 0 Å². The molecule has 0 radical (unpaired) electrons. The summed E-state index contributed by atoms with van der Waals surface area (Å²) in [5.74, 6) is 2.76. The third-order valence-corrected chi connectivity index (χ3v) is 7.15. The van der Waals surface area contributed by atoms with E-state index in [1.807, 2.05) is 11.1 Å². The second kappa shape index (κ2) is 7.67. The number of piperidine rings is 1. The van der Waals surface area contributed by atoms with Crippen LogP contribution in [0.1, 0.15) is 50.3 Å². The van der Waals surface area contributed by atoms with E-state index in [0.29, 0.717) is 6.04 Å². The minimum Gasteiger partial charge on any atom is -0.343 e. The Labute approximate surface area is 158 Å². The Bertz CT molecular complexity index is 621. The normalized spacial score (nSPS) is 30.4. The van der Waals surface area contributed by atoms with Gasteiger partial charge in [-0.1, -0.05) is 12.5 Å². The molecule has 3 aliphatic rings. The monoisotopic (exact) mass is 355 g/mol. The molecule has 0 unspecified atom stereocenters. The lowest BCUT2D eigenvalue weighted by molar-refractivity contribution is -0.130. The van der Waals surface area contributed by atoms with Crippen LogP contribution < -0.4 is 0 Å². The molecule has 2 aliphatic heterocycles. The Hall–Kier alpha value is -1.42. The zero-order chi connectivity index (χ0) is 18.1. The molecule has 2 saturated heterocycles. The molecule has 3 atom stereocenters. The Morgan fingerprint density at radius 3 is 2.65 bits per heavy atom. The topological polar surface area (TPSA) is 36.4 Å². The van der Waals surface area contributed by atoms with E-state index in [4.69, 9.17) is 0 Å². The Morgan fingerprint density at radius 2 is 1.96 bits per heavy atom. The summed E-state index contributed by atoms with van der Waals surface area (Å²) < 4.78 is 0. The molecule has 4 nitrogen and oxygen atoms in total. The highest BCUT2D eigenvalue weighted by Crippen LogP contribution is 2.42. The highest BCUT2D eigenvalue weighted by molar-refractivity contribution is 5.73. The smallest absolute Gasteiger partial charge is 0.219 e. The summed E-state index contributed by atoms with van der Waals surface area (Å²) in [6.07, 6.45) is 9.64. The molecular weight excluding hydrogens is 322 g/mol. The predicted molar refractivity (Wildman–Crippen MR) is 104 cm³/mol. The summed E-state index contributed by atoms with van der Waals surface area (Å²) in [5.41, 5.74) is 2.52. The lowest BCUT2D eigenvalue weighted by atomic mass is 9.72. The van der Waals surface area contributed by atoms with Crippen molar-refractivity contribution in [1.29, 1.82) is 0 Å². The molecule has 4 heteroatoms. The number of carbonyl (C=O) groups is 1. The van der Waals surface area contributed by atoms with Crippen LogP contribution in [0.4, 0.5) is 0 Å². The van der Waals surface area contributed by atoms with Gasteiger partial charge in [-0.05, 0) is 68.4 Å². The first-order valence-electron chi connectivity index (χ1n) is 10.5. The van der Waals surface area contributed by atoms with Crippen molar-refractivity contribution >= 4 is 5.91 Å². The number of amides is 1. The van der Waals surface area contributed by atoms with Crippen molar-refractivity contribution < 1.29 is 4.79 Å². The van der Waals surface area contributed by atoms with Gasteiger partial charge < -0.3 is 4.90 Å². The number of carbonyl (C=O) groups excluding carboxylic acids is 1. The minimum absolute atomic E-state index is 0.240. The second-order valence-corrected chi connectivity index (χ2v) is 8.84. The molecule has 0 bridgehead atoms. The van der Waals surface area contributed by atoms with Crippen molar-refractivity contribution in [3.05, 3.63) is 29.6 Å². The van der Waals surface area contributed by atoms with Crippen LogP contribution in [0.25, 0.3) is 0 Å². The number of aryl methyl sites for hydroxylation is 1. The van der Waals surface area contributed by atoms with Gasteiger partial charge in [-0.3, -0.25) is 14.7 Å². The standard InChI is InChI=1S/C22H33N3O/c1-16-6-7-20(23-13-16)12-18-4-3-5-19-14-25(15-22(18)19)21-8-10-24(11-9-21)17(2)26/h6-7,13,18-19,21-22H,3-5,8-12,14-15H2,1-2H3/t18-,19-,22-/m1/s1.